The zero-order valence-corrected chi connectivity index (χ0v) is 12.9. The van der Waals surface area contributed by atoms with Gasteiger partial charge in [-0.15, -0.1) is 11.3 Å². The highest BCUT2D eigenvalue weighted by Gasteiger charge is 2.20. The first kappa shape index (κ1) is 14.1. The highest BCUT2D eigenvalue weighted by Crippen LogP contribution is 2.25. The Morgan fingerprint density at radius 1 is 1.33 bits per heavy atom. The molecule has 0 fully saturated rings. The molecule has 0 aliphatic carbocycles. The monoisotopic (exact) mass is 322 g/mol. The summed E-state index contributed by atoms with van der Waals surface area (Å²) in [7, 11) is -1.93. The lowest BCUT2D eigenvalue weighted by atomic mass is 10.2. The number of aromatic amines is 1. The Morgan fingerprint density at radius 2 is 2.19 bits per heavy atom. The molecule has 0 spiro atoms. The fourth-order valence-corrected chi connectivity index (χ4v) is 4.04. The van der Waals surface area contributed by atoms with Crippen LogP contribution < -0.4 is 10.0 Å². The number of anilines is 1. The molecule has 110 valence electrons. The van der Waals surface area contributed by atoms with Gasteiger partial charge in [-0.05, 0) is 42.1 Å². The minimum Gasteiger partial charge on any atom is -0.316 e. The lowest BCUT2D eigenvalue weighted by Gasteiger charge is -2.08. The summed E-state index contributed by atoms with van der Waals surface area (Å²) in [5, 5.41) is 12.3. The highest BCUT2D eigenvalue weighted by atomic mass is 32.2. The van der Waals surface area contributed by atoms with E-state index in [9.17, 15) is 8.42 Å². The van der Waals surface area contributed by atoms with Gasteiger partial charge in [0.15, 0.2) is 5.03 Å². The molecule has 0 saturated carbocycles. The van der Waals surface area contributed by atoms with Crippen LogP contribution >= 0.6 is 11.3 Å². The van der Waals surface area contributed by atoms with Crippen LogP contribution in [0.4, 0.5) is 5.69 Å². The summed E-state index contributed by atoms with van der Waals surface area (Å²) in [5.41, 5.74) is 1.13. The van der Waals surface area contributed by atoms with Crippen LogP contribution in [0.2, 0.25) is 0 Å². The van der Waals surface area contributed by atoms with Gasteiger partial charge in [-0.2, -0.15) is 13.5 Å². The van der Waals surface area contributed by atoms with Crippen molar-refractivity contribution in [3.8, 4) is 0 Å². The first-order valence-electron chi connectivity index (χ1n) is 6.27. The van der Waals surface area contributed by atoms with Crippen LogP contribution in [-0.2, 0) is 16.6 Å². The number of thiophene rings is 1. The number of aromatic nitrogens is 2. The third-order valence-electron chi connectivity index (χ3n) is 3.02. The standard InChI is InChI=1S/C13H14N4O2S2/c1-14-7-10-8-15-16-13(10)21(18,19)17-11-2-3-12-9(6-11)4-5-20-12/h2-6,8,14,17H,7H2,1H3,(H,15,16). The Morgan fingerprint density at radius 3 is 3.00 bits per heavy atom. The molecule has 2 heterocycles. The molecule has 0 radical (unpaired) electrons. The number of nitrogens with zero attached hydrogens (tertiary/aromatic N) is 1. The van der Waals surface area contributed by atoms with Crippen molar-refractivity contribution in [1.82, 2.24) is 15.5 Å². The number of hydrogen-bond donors (Lipinski definition) is 3. The van der Waals surface area contributed by atoms with E-state index in [0.29, 0.717) is 17.8 Å². The van der Waals surface area contributed by atoms with Crippen molar-refractivity contribution in [2.24, 2.45) is 0 Å². The number of hydrogen-bond acceptors (Lipinski definition) is 5. The van der Waals surface area contributed by atoms with Gasteiger partial charge in [0.25, 0.3) is 10.0 Å². The van der Waals surface area contributed by atoms with Crippen molar-refractivity contribution >= 4 is 37.1 Å². The predicted octanol–water partition coefficient (Wildman–Crippen LogP) is 2.14. The second kappa shape index (κ2) is 5.47. The molecule has 21 heavy (non-hydrogen) atoms. The number of benzene rings is 1. The first-order valence-corrected chi connectivity index (χ1v) is 8.63. The smallest absolute Gasteiger partial charge is 0.279 e. The fraction of sp³-hybridized carbons (Fsp3) is 0.154. The lowest BCUT2D eigenvalue weighted by Crippen LogP contribution is -2.17. The zero-order valence-electron chi connectivity index (χ0n) is 11.3. The van der Waals surface area contributed by atoms with Crippen molar-refractivity contribution in [2.45, 2.75) is 11.6 Å². The Hall–Kier alpha value is -1.90. The van der Waals surface area contributed by atoms with Crippen molar-refractivity contribution in [2.75, 3.05) is 11.8 Å². The van der Waals surface area contributed by atoms with Gasteiger partial charge in [0, 0.05) is 22.5 Å². The van der Waals surface area contributed by atoms with E-state index in [1.165, 1.54) is 6.20 Å². The molecule has 0 aliphatic heterocycles. The Balaban J connectivity index is 1.93. The molecule has 6 nitrogen and oxygen atoms in total. The summed E-state index contributed by atoms with van der Waals surface area (Å²) in [6, 6.07) is 7.43. The first-order chi connectivity index (χ1) is 10.1. The molecule has 0 unspecified atom stereocenters. The van der Waals surface area contributed by atoms with Crippen LogP contribution in [0, 0.1) is 0 Å². The largest absolute Gasteiger partial charge is 0.316 e. The molecule has 0 bridgehead atoms. The molecule has 3 aromatic rings. The van der Waals surface area contributed by atoms with Crippen molar-refractivity contribution < 1.29 is 8.42 Å². The molecule has 1 aromatic carbocycles. The average Bonchev–Trinajstić information content (AvgIpc) is 3.06. The number of rotatable bonds is 5. The minimum atomic E-state index is -3.68. The normalized spacial score (nSPS) is 11.9. The van der Waals surface area contributed by atoms with Gasteiger partial charge in [0.05, 0.1) is 6.20 Å². The van der Waals surface area contributed by atoms with Crippen LogP contribution in [0.25, 0.3) is 10.1 Å². The summed E-state index contributed by atoms with van der Waals surface area (Å²) in [5.74, 6) is 0. The molecule has 0 saturated heterocycles. The van der Waals surface area contributed by atoms with Gasteiger partial charge in [-0.25, -0.2) is 0 Å². The second-order valence-corrected chi connectivity index (χ2v) is 7.10. The van der Waals surface area contributed by atoms with Gasteiger partial charge >= 0.3 is 0 Å². The Bertz CT molecular complexity index is 867. The summed E-state index contributed by atoms with van der Waals surface area (Å²) in [4.78, 5) is 0. The maximum atomic E-state index is 12.4. The van der Waals surface area contributed by atoms with Gasteiger partial charge in [0.1, 0.15) is 0 Å². The summed E-state index contributed by atoms with van der Waals surface area (Å²) in [6.07, 6.45) is 1.51. The Labute approximate surface area is 126 Å². The molecule has 0 atom stereocenters. The van der Waals surface area contributed by atoms with Crippen molar-refractivity contribution in [1.29, 1.82) is 0 Å². The summed E-state index contributed by atoms with van der Waals surface area (Å²) >= 11 is 1.62. The van der Waals surface area contributed by atoms with E-state index in [4.69, 9.17) is 0 Å². The van der Waals surface area contributed by atoms with E-state index < -0.39 is 10.0 Å². The fourth-order valence-electron chi connectivity index (χ4n) is 2.08. The molecule has 8 heteroatoms. The molecule has 3 rings (SSSR count). The molecule has 2 aromatic heterocycles. The SMILES string of the molecule is CNCc1cn[nH]c1S(=O)(=O)Nc1ccc2sccc2c1. The number of fused-ring (bicyclic) bond motifs is 1. The van der Waals surface area contributed by atoms with Crippen LogP contribution in [0.15, 0.2) is 40.9 Å². The third kappa shape index (κ3) is 2.78. The molecule has 0 amide bonds. The maximum absolute atomic E-state index is 12.4. The lowest BCUT2D eigenvalue weighted by molar-refractivity contribution is 0.595. The predicted molar refractivity (Wildman–Crippen MR) is 84.0 cm³/mol. The van der Waals surface area contributed by atoms with Crippen LogP contribution in [0.3, 0.4) is 0 Å². The van der Waals surface area contributed by atoms with E-state index in [0.717, 1.165) is 10.1 Å². The van der Waals surface area contributed by atoms with E-state index >= 15 is 0 Å². The molecule has 3 N–H and O–H groups in total. The summed E-state index contributed by atoms with van der Waals surface area (Å²) < 4.78 is 28.6. The molecular weight excluding hydrogens is 308 g/mol. The maximum Gasteiger partial charge on any atom is 0.279 e. The van der Waals surface area contributed by atoms with E-state index in [1.807, 2.05) is 23.6 Å². The Kier molecular flexibility index (Phi) is 3.66. The van der Waals surface area contributed by atoms with Gasteiger partial charge in [0.2, 0.25) is 0 Å². The number of nitrogens with one attached hydrogen (secondary N) is 3. The van der Waals surface area contributed by atoms with Crippen LogP contribution in [-0.4, -0.2) is 25.7 Å². The number of sulfonamides is 1. The van der Waals surface area contributed by atoms with Crippen LogP contribution in [0.5, 0.6) is 0 Å². The van der Waals surface area contributed by atoms with Gasteiger partial charge in [-0.1, -0.05) is 0 Å². The van der Waals surface area contributed by atoms with Gasteiger partial charge in [-0.3, -0.25) is 9.82 Å². The topological polar surface area (TPSA) is 86.9 Å². The highest BCUT2D eigenvalue weighted by molar-refractivity contribution is 7.92. The van der Waals surface area contributed by atoms with E-state index in [1.54, 1.807) is 24.5 Å². The quantitative estimate of drug-likeness (QED) is 0.672. The molecule has 0 aliphatic rings. The zero-order chi connectivity index (χ0) is 14.9. The average molecular weight is 322 g/mol. The van der Waals surface area contributed by atoms with Gasteiger partial charge < -0.3 is 5.32 Å². The van der Waals surface area contributed by atoms with E-state index in [-0.39, 0.29) is 5.03 Å². The number of H-pyrrole nitrogens is 1. The van der Waals surface area contributed by atoms with Crippen molar-refractivity contribution in [3.05, 3.63) is 41.4 Å². The molecular formula is C13H14N4O2S2. The van der Waals surface area contributed by atoms with Crippen LogP contribution in [0.1, 0.15) is 5.56 Å². The van der Waals surface area contributed by atoms with Crippen molar-refractivity contribution in [3.63, 3.8) is 0 Å². The summed E-state index contributed by atoms with van der Waals surface area (Å²) in [6.45, 7) is 0.427. The van der Waals surface area contributed by atoms with E-state index in [2.05, 4.69) is 20.2 Å². The second-order valence-electron chi connectivity index (χ2n) is 4.53. The third-order valence-corrected chi connectivity index (χ3v) is 5.31. The minimum absolute atomic E-state index is 0.0854.